The van der Waals surface area contributed by atoms with E-state index in [9.17, 15) is 4.39 Å². The number of thiazole rings is 1. The maximum atomic E-state index is 14.7. The van der Waals surface area contributed by atoms with Crippen molar-refractivity contribution in [1.29, 1.82) is 0 Å². The van der Waals surface area contributed by atoms with Gasteiger partial charge in [-0.1, -0.05) is 25.3 Å². The molecule has 4 aromatic rings. The molecule has 2 N–H and O–H groups in total. The summed E-state index contributed by atoms with van der Waals surface area (Å²) < 4.78 is 15.5. The minimum atomic E-state index is -0.268. The lowest BCUT2D eigenvalue weighted by atomic mass is 9.77. The van der Waals surface area contributed by atoms with Gasteiger partial charge in [0.05, 0.1) is 27.1 Å². The fraction of sp³-hybridized carbons (Fsp3) is 0.304. The molecule has 3 aromatic heterocycles. The lowest BCUT2D eigenvalue weighted by Gasteiger charge is -2.36. The lowest BCUT2D eigenvalue weighted by molar-refractivity contribution is 0.322. The molecule has 0 radical (unpaired) electrons. The van der Waals surface area contributed by atoms with Crippen LogP contribution in [0.2, 0.25) is 0 Å². The first-order valence-electron chi connectivity index (χ1n) is 10.4. The van der Waals surface area contributed by atoms with E-state index >= 15 is 0 Å². The molecule has 1 aromatic carbocycles. The van der Waals surface area contributed by atoms with Gasteiger partial charge < -0.3 is 10.6 Å². The molecule has 0 bridgehead atoms. The number of halogens is 1. The molecule has 0 saturated heterocycles. The zero-order valence-corrected chi connectivity index (χ0v) is 18.0. The van der Waals surface area contributed by atoms with E-state index in [0.29, 0.717) is 5.69 Å². The number of hydrogen-bond donors (Lipinski definition) is 2. The van der Waals surface area contributed by atoms with Crippen molar-refractivity contribution in [1.82, 2.24) is 15.3 Å². The Balaban J connectivity index is 1.39. The molecule has 0 amide bonds. The van der Waals surface area contributed by atoms with E-state index < -0.39 is 0 Å². The SMILES string of the molecule is Fc1cc2scnc2cc1Nc1ccnc2sc(C3=CCNC34CCCCC4)cc12. The van der Waals surface area contributed by atoms with Crippen LogP contribution in [0.3, 0.4) is 0 Å². The van der Waals surface area contributed by atoms with Gasteiger partial charge in [-0.25, -0.2) is 14.4 Å². The van der Waals surface area contributed by atoms with E-state index in [1.807, 2.05) is 6.07 Å². The van der Waals surface area contributed by atoms with Crippen molar-refractivity contribution in [2.45, 2.75) is 37.6 Å². The number of pyridine rings is 1. The normalized spacial score (nSPS) is 18.4. The average Bonchev–Trinajstić information content (AvgIpc) is 3.47. The molecular weight excluding hydrogens is 415 g/mol. The predicted octanol–water partition coefficient (Wildman–Crippen LogP) is 6.48. The van der Waals surface area contributed by atoms with Gasteiger partial charge in [-0.05, 0) is 42.7 Å². The van der Waals surface area contributed by atoms with Crippen LogP contribution < -0.4 is 10.6 Å². The standard InChI is InChI=1S/C23H21FN4S2/c24-16-11-21-19(26-13-29-21)12-18(16)28-17-5-8-25-22-14(17)10-20(30-22)15-4-9-27-23(15)6-2-1-3-7-23/h4-5,8,10-13,27H,1-3,6-7,9H2,(H,25,28). The van der Waals surface area contributed by atoms with E-state index in [4.69, 9.17) is 0 Å². The van der Waals surface area contributed by atoms with E-state index in [1.165, 1.54) is 53.9 Å². The maximum Gasteiger partial charge on any atom is 0.148 e. The number of nitrogens with zero attached hydrogens (tertiary/aromatic N) is 2. The van der Waals surface area contributed by atoms with Gasteiger partial charge in [0.15, 0.2) is 0 Å². The topological polar surface area (TPSA) is 49.8 Å². The second kappa shape index (κ2) is 7.11. The molecule has 1 aliphatic heterocycles. The third-order valence-electron chi connectivity index (χ3n) is 6.36. The largest absolute Gasteiger partial charge is 0.352 e. The van der Waals surface area contributed by atoms with Crippen molar-refractivity contribution in [3.05, 3.63) is 52.7 Å². The number of thiophene rings is 1. The van der Waals surface area contributed by atoms with Crippen LogP contribution in [-0.4, -0.2) is 22.1 Å². The molecule has 0 atom stereocenters. The number of benzene rings is 1. The van der Waals surface area contributed by atoms with Crippen LogP contribution in [0.1, 0.15) is 37.0 Å². The molecule has 7 heteroatoms. The average molecular weight is 437 g/mol. The van der Waals surface area contributed by atoms with E-state index in [1.54, 1.807) is 35.2 Å². The van der Waals surface area contributed by atoms with Gasteiger partial charge in [0.1, 0.15) is 10.6 Å². The Labute approximate surface area is 181 Å². The van der Waals surface area contributed by atoms with E-state index in [-0.39, 0.29) is 11.4 Å². The van der Waals surface area contributed by atoms with E-state index in [2.05, 4.69) is 32.7 Å². The first-order chi connectivity index (χ1) is 14.7. The number of fused-ring (bicyclic) bond motifs is 2. The summed E-state index contributed by atoms with van der Waals surface area (Å²) >= 11 is 3.18. The highest BCUT2D eigenvalue weighted by Crippen LogP contribution is 2.45. The second-order valence-electron chi connectivity index (χ2n) is 8.11. The third-order valence-corrected chi connectivity index (χ3v) is 8.23. The first-order valence-corrected chi connectivity index (χ1v) is 12.1. The van der Waals surface area contributed by atoms with Crippen molar-refractivity contribution < 1.29 is 4.39 Å². The fourth-order valence-corrected chi connectivity index (χ4v) is 6.73. The van der Waals surface area contributed by atoms with Crippen LogP contribution >= 0.6 is 22.7 Å². The van der Waals surface area contributed by atoms with Crippen LogP contribution in [0.25, 0.3) is 26.0 Å². The molecule has 1 spiro atoms. The van der Waals surface area contributed by atoms with Crippen molar-refractivity contribution >= 4 is 60.1 Å². The monoisotopic (exact) mass is 436 g/mol. The zero-order valence-electron chi connectivity index (χ0n) is 16.4. The van der Waals surface area contributed by atoms with Crippen molar-refractivity contribution in [3.63, 3.8) is 0 Å². The van der Waals surface area contributed by atoms with Crippen LogP contribution in [0.5, 0.6) is 0 Å². The molecule has 6 rings (SSSR count). The molecular formula is C23H21FN4S2. The van der Waals surface area contributed by atoms with Gasteiger partial charge in [0.2, 0.25) is 0 Å². The van der Waals surface area contributed by atoms with Gasteiger partial charge in [-0.2, -0.15) is 0 Å². The number of hydrogen-bond acceptors (Lipinski definition) is 6. The Hall–Kier alpha value is -2.35. The molecule has 4 heterocycles. The first kappa shape index (κ1) is 18.4. The van der Waals surface area contributed by atoms with Gasteiger partial charge in [0, 0.05) is 28.5 Å². The van der Waals surface area contributed by atoms with Crippen LogP contribution in [0.4, 0.5) is 15.8 Å². The molecule has 0 unspecified atom stereocenters. The summed E-state index contributed by atoms with van der Waals surface area (Å²) in [6.45, 7) is 0.932. The second-order valence-corrected chi connectivity index (χ2v) is 10.0. The molecule has 1 fully saturated rings. The zero-order chi connectivity index (χ0) is 20.1. The molecule has 4 nitrogen and oxygen atoms in total. The molecule has 2 aliphatic rings. The van der Waals surface area contributed by atoms with Gasteiger partial charge >= 0.3 is 0 Å². The number of aromatic nitrogens is 2. The highest BCUT2D eigenvalue weighted by Gasteiger charge is 2.39. The highest BCUT2D eigenvalue weighted by molar-refractivity contribution is 7.19. The van der Waals surface area contributed by atoms with Crippen LogP contribution in [0.15, 0.2) is 42.0 Å². The summed E-state index contributed by atoms with van der Waals surface area (Å²) in [4.78, 5) is 11.2. The minimum absolute atomic E-state index is 0.120. The summed E-state index contributed by atoms with van der Waals surface area (Å²) in [6, 6.07) is 7.47. The van der Waals surface area contributed by atoms with Crippen molar-refractivity contribution in [3.8, 4) is 0 Å². The number of rotatable bonds is 3. The van der Waals surface area contributed by atoms with Gasteiger partial charge in [-0.15, -0.1) is 22.7 Å². The summed E-state index contributed by atoms with van der Waals surface area (Å²) in [7, 11) is 0. The Bertz CT molecular complexity index is 1280. The number of anilines is 2. The van der Waals surface area contributed by atoms with Crippen LogP contribution in [-0.2, 0) is 0 Å². The quantitative estimate of drug-likeness (QED) is 0.386. The Morgan fingerprint density at radius 1 is 1.07 bits per heavy atom. The molecule has 1 aliphatic carbocycles. The molecule has 152 valence electrons. The van der Waals surface area contributed by atoms with Gasteiger partial charge in [0.25, 0.3) is 0 Å². The summed E-state index contributed by atoms with van der Waals surface area (Å²) in [5.74, 6) is -0.268. The fourth-order valence-electron chi connectivity index (χ4n) is 4.88. The molecule has 30 heavy (non-hydrogen) atoms. The van der Waals surface area contributed by atoms with Crippen molar-refractivity contribution in [2.24, 2.45) is 0 Å². The maximum absolute atomic E-state index is 14.7. The predicted molar refractivity (Wildman–Crippen MR) is 124 cm³/mol. The smallest absolute Gasteiger partial charge is 0.148 e. The summed E-state index contributed by atoms with van der Waals surface area (Å²) in [5.41, 5.74) is 5.41. The summed E-state index contributed by atoms with van der Waals surface area (Å²) in [5, 5.41) is 8.09. The molecule has 1 saturated carbocycles. The Kier molecular flexibility index (Phi) is 4.37. The van der Waals surface area contributed by atoms with E-state index in [0.717, 1.165) is 32.7 Å². The minimum Gasteiger partial charge on any atom is -0.352 e. The summed E-state index contributed by atoms with van der Waals surface area (Å²) in [6.07, 6.45) is 10.4. The lowest BCUT2D eigenvalue weighted by Crippen LogP contribution is -2.43. The highest BCUT2D eigenvalue weighted by atomic mass is 32.1. The number of nitrogens with one attached hydrogen (secondary N) is 2. The van der Waals surface area contributed by atoms with Crippen molar-refractivity contribution in [2.75, 3.05) is 11.9 Å². The third kappa shape index (κ3) is 2.95. The van der Waals surface area contributed by atoms with Gasteiger partial charge in [-0.3, -0.25) is 0 Å². The Morgan fingerprint density at radius 3 is 2.87 bits per heavy atom. The Morgan fingerprint density at radius 2 is 1.97 bits per heavy atom. The van der Waals surface area contributed by atoms with Crippen LogP contribution in [0, 0.1) is 5.82 Å².